The molecule has 0 saturated carbocycles. The molecule has 0 aromatic heterocycles. The molecule has 0 aliphatic carbocycles. The molecule has 2 saturated heterocycles. The van der Waals surface area contributed by atoms with Crippen LogP contribution >= 0.6 is 0 Å². The Hall–Kier alpha value is -1.60. The summed E-state index contributed by atoms with van der Waals surface area (Å²) in [6.45, 7) is 5.76. The van der Waals surface area contributed by atoms with Gasteiger partial charge >= 0.3 is 12.1 Å². The summed E-state index contributed by atoms with van der Waals surface area (Å²) in [6, 6.07) is 10.8. The molecule has 1 N–H and O–H groups in total. The minimum Gasteiger partial charge on any atom is -0.475 e. The fourth-order valence-corrected chi connectivity index (χ4v) is 2.86. The predicted octanol–water partition coefficient (Wildman–Crippen LogP) is 2.97. The SMILES string of the molecule is O=C(O)C(F)(F)F.c1ccc(CCN2CCC3(CC2)COC3)cc1. The standard InChI is InChI=1S/C15H21NO.C2HF3O2/c1-2-4-14(5-3-1)6-9-16-10-7-15(8-11-16)12-17-13-15;3-2(4,5)1(6)7/h1-5H,6-13H2;(H,6,7). The number of ether oxygens (including phenoxy) is 1. The first kappa shape index (κ1) is 18.7. The van der Waals surface area contributed by atoms with Crippen LogP contribution in [0.1, 0.15) is 18.4 Å². The average molecular weight is 345 g/mol. The Bertz CT molecular complexity index is 520. The number of hydrogen-bond acceptors (Lipinski definition) is 3. The zero-order valence-corrected chi connectivity index (χ0v) is 13.4. The van der Waals surface area contributed by atoms with Crippen LogP contribution in [0.3, 0.4) is 0 Å². The third-order valence-corrected chi connectivity index (χ3v) is 4.54. The maximum Gasteiger partial charge on any atom is 0.490 e. The summed E-state index contributed by atoms with van der Waals surface area (Å²) in [5.41, 5.74) is 2.03. The van der Waals surface area contributed by atoms with Crippen LogP contribution in [0.25, 0.3) is 0 Å². The molecule has 2 fully saturated rings. The summed E-state index contributed by atoms with van der Waals surface area (Å²) in [5.74, 6) is -2.76. The van der Waals surface area contributed by atoms with E-state index in [9.17, 15) is 13.2 Å². The van der Waals surface area contributed by atoms with Gasteiger partial charge in [-0.3, -0.25) is 0 Å². The number of halogens is 3. The number of carboxylic acids is 1. The predicted molar refractivity (Wildman–Crippen MR) is 82.8 cm³/mol. The molecule has 1 aromatic rings. The van der Waals surface area contributed by atoms with E-state index in [4.69, 9.17) is 14.6 Å². The second-order valence-corrected chi connectivity index (χ2v) is 6.37. The molecule has 1 aromatic carbocycles. The number of alkyl halides is 3. The molecule has 4 nitrogen and oxygen atoms in total. The van der Waals surface area contributed by atoms with Crippen molar-refractivity contribution in [1.29, 1.82) is 0 Å². The van der Waals surface area contributed by atoms with Crippen molar-refractivity contribution >= 4 is 5.97 Å². The normalized spacial score (nSPS) is 20.0. The largest absolute Gasteiger partial charge is 0.490 e. The molecule has 7 heteroatoms. The third-order valence-electron chi connectivity index (χ3n) is 4.54. The van der Waals surface area contributed by atoms with Gasteiger partial charge < -0.3 is 14.7 Å². The highest BCUT2D eigenvalue weighted by molar-refractivity contribution is 5.73. The molecule has 2 aliphatic heterocycles. The maximum atomic E-state index is 10.6. The van der Waals surface area contributed by atoms with E-state index < -0.39 is 12.1 Å². The van der Waals surface area contributed by atoms with E-state index in [1.165, 1.54) is 44.5 Å². The number of benzene rings is 1. The van der Waals surface area contributed by atoms with E-state index in [0.717, 1.165) is 13.2 Å². The molecule has 0 bridgehead atoms. The van der Waals surface area contributed by atoms with Gasteiger partial charge in [0.05, 0.1) is 13.2 Å². The Morgan fingerprint density at radius 2 is 1.71 bits per heavy atom. The molecule has 3 rings (SSSR count). The highest BCUT2D eigenvalue weighted by Crippen LogP contribution is 2.38. The quantitative estimate of drug-likeness (QED) is 0.915. The zero-order chi connectivity index (χ0) is 17.6. The third kappa shape index (κ3) is 5.49. The van der Waals surface area contributed by atoms with Crippen LogP contribution in [0, 0.1) is 5.41 Å². The lowest BCUT2D eigenvalue weighted by atomic mass is 9.77. The van der Waals surface area contributed by atoms with Crippen molar-refractivity contribution in [2.24, 2.45) is 5.41 Å². The molecule has 2 aliphatic rings. The molecule has 24 heavy (non-hydrogen) atoms. The number of piperidine rings is 1. The molecule has 1 spiro atoms. The topological polar surface area (TPSA) is 49.8 Å². The first-order chi connectivity index (χ1) is 11.3. The lowest BCUT2D eigenvalue weighted by Gasteiger charge is -2.47. The Balaban J connectivity index is 0.000000256. The van der Waals surface area contributed by atoms with Crippen molar-refractivity contribution in [2.45, 2.75) is 25.4 Å². The van der Waals surface area contributed by atoms with Crippen molar-refractivity contribution in [3.63, 3.8) is 0 Å². The summed E-state index contributed by atoms with van der Waals surface area (Å²) in [6.07, 6.45) is -1.23. The van der Waals surface area contributed by atoms with Crippen molar-refractivity contribution in [3.05, 3.63) is 35.9 Å². The Kier molecular flexibility index (Phi) is 6.23. The van der Waals surface area contributed by atoms with Gasteiger partial charge in [-0.25, -0.2) is 4.79 Å². The van der Waals surface area contributed by atoms with E-state index in [2.05, 4.69) is 35.2 Å². The Labute approximate surface area is 139 Å². The van der Waals surface area contributed by atoms with Gasteiger partial charge in [-0.2, -0.15) is 13.2 Å². The maximum absolute atomic E-state index is 10.6. The van der Waals surface area contributed by atoms with Crippen LogP contribution in [-0.2, 0) is 16.0 Å². The number of nitrogens with zero attached hydrogens (tertiary/aromatic N) is 1. The van der Waals surface area contributed by atoms with E-state index in [1.54, 1.807) is 0 Å². The Morgan fingerprint density at radius 1 is 1.17 bits per heavy atom. The van der Waals surface area contributed by atoms with Gasteiger partial charge in [0.2, 0.25) is 0 Å². The average Bonchev–Trinajstić information content (AvgIpc) is 2.53. The fraction of sp³-hybridized carbons (Fsp3) is 0.588. The van der Waals surface area contributed by atoms with Crippen LogP contribution in [0.2, 0.25) is 0 Å². The van der Waals surface area contributed by atoms with Gasteiger partial charge in [0.1, 0.15) is 0 Å². The zero-order valence-electron chi connectivity index (χ0n) is 13.4. The van der Waals surface area contributed by atoms with Crippen LogP contribution in [0.15, 0.2) is 30.3 Å². The van der Waals surface area contributed by atoms with Gasteiger partial charge in [0, 0.05) is 12.0 Å². The summed E-state index contributed by atoms with van der Waals surface area (Å²) in [7, 11) is 0. The number of aliphatic carboxylic acids is 1. The summed E-state index contributed by atoms with van der Waals surface area (Å²) in [4.78, 5) is 11.5. The fourth-order valence-electron chi connectivity index (χ4n) is 2.86. The molecule has 0 atom stereocenters. The molecule has 0 amide bonds. The molecular weight excluding hydrogens is 323 g/mol. The van der Waals surface area contributed by atoms with Gasteiger partial charge in [-0.1, -0.05) is 30.3 Å². The summed E-state index contributed by atoms with van der Waals surface area (Å²) in [5, 5.41) is 7.12. The van der Waals surface area contributed by atoms with Crippen molar-refractivity contribution in [2.75, 3.05) is 32.8 Å². The van der Waals surface area contributed by atoms with Crippen LogP contribution < -0.4 is 0 Å². The first-order valence-electron chi connectivity index (χ1n) is 7.95. The summed E-state index contributed by atoms with van der Waals surface area (Å²) >= 11 is 0. The smallest absolute Gasteiger partial charge is 0.475 e. The molecule has 2 heterocycles. The monoisotopic (exact) mass is 345 g/mol. The number of carbonyl (C=O) groups is 1. The highest BCUT2D eigenvalue weighted by Gasteiger charge is 2.40. The van der Waals surface area contributed by atoms with E-state index >= 15 is 0 Å². The van der Waals surface area contributed by atoms with Gasteiger partial charge in [0.25, 0.3) is 0 Å². The van der Waals surface area contributed by atoms with Gasteiger partial charge in [0.15, 0.2) is 0 Å². The van der Waals surface area contributed by atoms with Crippen molar-refractivity contribution in [3.8, 4) is 0 Å². The van der Waals surface area contributed by atoms with E-state index in [-0.39, 0.29) is 0 Å². The van der Waals surface area contributed by atoms with Crippen LogP contribution in [-0.4, -0.2) is 55.0 Å². The minimum atomic E-state index is -5.08. The van der Waals surface area contributed by atoms with E-state index in [1.807, 2.05) is 0 Å². The lowest BCUT2D eigenvalue weighted by Crippen LogP contribution is -2.51. The summed E-state index contributed by atoms with van der Waals surface area (Å²) < 4.78 is 37.1. The second-order valence-electron chi connectivity index (χ2n) is 6.37. The minimum absolute atomic E-state index is 0.573. The van der Waals surface area contributed by atoms with Crippen molar-refractivity contribution in [1.82, 2.24) is 4.90 Å². The molecule has 0 radical (unpaired) electrons. The molecular formula is C17H22F3NO3. The molecule has 134 valence electrons. The lowest BCUT2D eigenvalue weighted by molar-refractivity contribution is -0.192. The van der Waals surface area contributed by atoms with E-state index in [0.29, 0.717) is 5.41 Å². The van der Waals surface area contributed by atoms with Crippen molar-refractivity contribution < 1.29 is 27.8 Å². The second kappa shape index (κ2) is 7.98. The molecule has 0 unspecified atom stereocenters. The highest BCUT2D eigenvalue weighted by atomic mass is 19.4. The van der Waals surface area contributed by atoms with Crippen LogP contribution in [0.5, 0.6) is 0 Å². The first-order valence-corrected chi connectivity index (χ1v) is 7.95. The number of rotatable bonds is 3. The van der Waals surface area contributed by atoms with Gasteiger partial charge in [-0.15, -0.1) is 0 Å². The number of likely N-dealkylation sites (tertiary alicyclic amines) is 1. The number of carboxylic acid groups (broad SMARTS) is 1. The van der Waals surface area contributed by atoms with Gasteiger partial charge in [-0.05, 0) is 37.9 Å². The van der Waals surface area contributed by atoms with Crippen LogP contribution in [0.4, 0.5) is 13.2 Å². The Morgan fingerprint density at radius 3 is 2.12 bits per heavy atom. The number of hydrogen-bond donors (Lipinski definition) is 1.